The van der Waals surface area contributed by atoms with Crippen LogP contribution in [0.15, 0.2) is 0 Å². The van der Waals surface area contributed by atoms with Gasteiger partial charge in [-0.25, -0.2) is 4.98 Å². The van der Waals surface area contributed by atoms with Gasteiger partial charge in [-0.05, 0) is 31.6 Å². The molecule has 6 heteroatoms. The van der Waals surface area contributed by atoms with Gasteiger partial charge in [-0.2, -0.15) is 0 Å². The van der Waals surface area contributed by atoms with E-state index >= 15 is 0 Å². The van der Waals surface area contributed by atoms with E-state index in [1.165, 1.54) is 11.3 Å². The van der Waals surface area contributed by atoms with Gasteiger partial charge >= 0.3 is 0 Å². The Morgan fingerprint density at radius 2 is 2.30 bits per heavy atom. The summed E-state index contributed by atoms with van der Waals surface area (Å²) < 4.78 is 5.08. The number of hydrogen-bond donors (Lipinski definition) is 1. The SMILES string of the molecule is COCc1nc(C)c(C(=O)N2CC3CCC(N)C3C2)s1. The van der Waals surface area contributed by atoms with Gasteiger partial charge in [0.05, 0.1) is 12.3 Å². The molecule has 1 aliphatic heterocycles. The quantitative estimate of drug-likeness (QED) is 0.915. The van der Waals surface area contributed by atoms with Crippen LogP contribution in [0.1, 0.15) is 33.2 Å². The van der Waals surface area contributed by atoms with Gasteiger partial charge < -0.3 is 15.4 Å². The lowest BCUT2D eigenvalue weighted by Crippen LogP contribution is -2.33. The summed E-state index contributed by atoms with van der Waals surface area (Å²) in [5.41, 5.74) is 6.94. The Bertz CT molecular complexity index is 517. The number of likely N-dealkylation sites (tertiary alicyclic amines) is 1. The number of rotatable bonds is 3. The molecule has 0 spiro atoms. The molecular formula is C14H21N3O2S. The number of carbonyl (C=O) groups excluding carboxylic acids is 1. The van der Waals surface area contributed by atoms with Crippen molar-refractivity contribution >= 4 is 17.2 Å². The molecule has 2 aliphatic rings. The van der Waals surface area contributed by atoms with Crippen molar-refractivity contribution in [3.63, 3.8) is 0 Å². The average molecular weight is 295 g/mol. The van der Waals surface area contributed by atoms with E-state index < -0.39 is 0 Å². The molecule has 1 aromatic rings. The van der Waals surface area contributed by atoms with E-state index in [9.17, 15) is 4.79 Å². The van der Waals surface area contributed by atoms with Crippen molar-refractivity contribution in [2.45, 2.75) is 32.4 Å². The number of aryl methyl sites for hydroxylation is 1. The minimum absolute atomic E-state index is 0.115. The Kier molecular flexibility index (Phi) is 3.79. The molecule has 0 aromatic carbocycles. The molecule has 20 heavy (non-hydrogen) atoms. The molecule has 3 rings (SSSR count). The van der Waals surface area contributed by atoms with Crippen molar-refractivity contribution in [1.82, 2.24) is 9.88 Å². The van der Waals surface area contributed by atoms with Gasteiger partial charge in [0.1, 0.15) is 9.88 Å². The molecule has 110 valence electrons. The van der Waals surface area contributed by atoms with E-state index in [0.29, 0.717) is 18.4 Å². The van der Waals surface area contributed by atoms with Crippen LogP contribution in [0, 0.1) is 18.8 Å². The highest BCUT2D eigenvalue weighted by Gasteiger charge is 2.43. The van der Waals surface area contributed by atoms with Crippen LogP contribution in [0.2, 0.25) is 0 Å². The van der Waals surface area contributed by atoms with E-state index in [1.807, 2.05) is 11.8 Å². The lowest BCUT2D eigenvalue weighted by Gasteiger charge is -2.18. The molecule has 1 saturated carbocycles. The predicted octanol–water partition coefficient (Wildman–Crippen LogP) is 1.41. The molecule has 2 heterocycles. The van der Waals surface area contributed by atoms with Crippen LogP contribution in [0.3, 0.4) is 0 Å². The van der Waals surface area contributed by atoms with Crippen molar-refractivity contribution in [2.24, 2.45) is 17.6 Å². The van der Waals surface area contributed by atoms with Crippen molar-refractivity contribution < 1.29 is 9.53 Å². The molecule has 0 bridgehead atoms. The van der Waals surface area contributed by atoms with Gasteiger partial charge in [-0.15, -0.1) is 11.3 Å². The van der Waals surface area contributed by atoms with E-state index in [-0.39, 0.29) is 11.9 Å². The van der Waals surface area contributed by atoms with Gasteiger partial charge in [0.2, 0.25) is 0 Å². The number of nitrogens with zero attached hydrogens (tertiary/aromatic N) is 2. The number of fused-ring (bicyclic) bond motifs is 1. The molecule has 2 N–H and O–H groups in total. The topological polar surface area (TPSA) is 68.5 Å². The molecule has 3 atom stereocenters. The molecule has 1 aliphatic carbocycles. The lowest BCUT2D eigenvalue weighted by atomic mass is 9.98. The minimum atomic E-state index is 0.115. The summed E-state index contributed by atoms with van der Waals surface area (Å²) >= 11 is 1.45. The first kappa shape index (κ1) is 14.0. The molecular weight excluding hydrogens is 274 g/mol. The maximum atomic E-state index is 12.6. The fraction of sp³-hybridized carbons (Fsp3) is 0.714. The van der Waals surface area contributed by atoms with Crippen molar-refractivity contribution in [3.8, 4) is 0 Å². The zero-order valence-electron chi connectivity index (χ0n) is 12.0. The van der Waals surface area contributed by atoms with Crippen LogP contribution in [-0.2, 0) is 11.3 Å². The number of aromatic nitrogens is 1. The second-order valence-corrected chi connectivity index (χ2v) is 6.91. The van der Waals surface area contributed by atoms with Crippen LogP contribution in [0.4, 0.5) is 0 Å². The van der Waals surface area contributed by atoms with E-state index in [4.69, 9.17) is 10.5 Å². The summed E-state index contributed by atoms with van der Waals surface area (Å²) in [5, 5.41) is 0.865. The summed E-state index contributed by atoms with van der Waals surface area (Å²) in [4.78, 5) is 19.8. The van der Waals surface area contributed by atoms with Gasteiger partial charge in [-0.3, -0.25) is 4.79 Å². The van der Waals surface area contributed by atoms with Gasteiger partial charge in [-0.1, -0.05) is 0 Å². The normalized spacial score (nSPS) is 28.9. The van der Waals surface area contributed by atoms with E-state index in [0.717, 1.165) is 41.5 Å². The van der Waals surface area contributed by atoms with E-state index in [1.54, 1.807) is 7.11 Å². The first-order valence-electron chi connectivity index (χ1n) is 7.10. The van der Waals surface area contributed by atoms with Crippen LogP contribution in [-0.4, -0.2) is 42.0 Å². The first-order chi connectivity index (χ1) is 9.60. The van der Waals surface area contributed by atoms with Gasteiger partial charge in [0.15, 0.2) is 0 Å². The third kappa shape index (κ3) is 2.36. The Morgan fingerprint density at radius 1 is 1.50 bits per heavy atom. The second-order valence-electron chi connectivity index (χ2n) is 5.83. The van der Waals surface area contributed by atoms with Gasteiger partial charge in [0.25, 0.3) is 5.91 Å². The minimum Gasteiger partial charge on any atom is -0.378 e. The van der Waals surface area contributed by atoms with Crippen LogP contribution in [0.25, 0.3) is 0 Å². The van der Waals surface area contributed by atoms with E-state index in [2.05, 4.69) is 4.98 Å². The highest BCUT2D eigenvalue weighted by atomic mass is 32.1. The highest BCUT2D eigenvalue weighted by Crippen LogP contribution is 2.38. The summed E-state index contributed by atoms with van der Waals surface area (Å²) in [6.07, 6.45) is 2.27. The fourth-order valence-electron chi connectivity index (χ4n) is 3.45. The zero-order chi connectivity index (χ0) is 14.3. The average Bonchev–Trinajstić information content (AvgIpc) is 3.07. The first-order valence-corrected chi connectivity index (χ1v) is 7.92. The number of ether oxygens (including phenoxy) is 1. The Balaban J connectivity index is 1.73. The number of amides is 1. The molecule has 5 nitrogen and oxygen atoms in total. The lowest BCUT2D eigenvalue weighted by molar-refractivity contribution is 0.0783. The molecule has 0 radical (unpaired) electrons. The fourth-order valence-corrected chi connectivity index (χ4v) is 4.46. The number of nitrogens with two attached hydrogens (primary N) is 1. The predicted molar refractivity (Wildman–Crippen MR) is 77.7 cm³/mol. The standard InChI is InChI=1S/C14H21N3O2S/c1-8-13(20-12(16-8)7-19-2)14(18)17-5-9-3-4-11(15)10(9)6-17/h9-11H,3-7,15H2,1-2H3. The van der Waals surface area contributed by atoms with Gasteiger partial charge in [0, 0.05) is 26.2 Å². The molecule has 2 fully saturated rings. The Hall–Kier alpha value is -0.980. The highest BCUT2D eigenvalue weighted by molar-refractivity contribution is 7.13. The number of carbonyl (C=O) groups is 1. The number of hydrogen-bond acceptors (Lipinski definition) is 5. The van der Waals surface area contributed by atoms with Crippen LogP contribution < -0.4 is 5.73 Å². The molecule has 1 saturated heterocycles. The van der Waals surface area contributed by atoms with Crippen molar-refractivity contribution in [1.29, 1.82) is 0 Å². The van der Waals surface area contributed by atoms with Crippen LogP contribution in [0.5, 0.6) is 0 Å². The summed E-state index contributed by atoms with van der Waals surface area (Å²) in [5.74, 6) is 1.20. The smallest absolute Gasteiger partial charge is 0.265 e. The number of methoxy groups -OCH3 is 1. The van der Waals surface area contributed by atoms with Crippen molar-refractivity contribution in [3.05, 3.63) is 15.6 Å². The third-order valence-corrected chi connectivity index (χ3v) is 5.62. The van der Waals surface area contributed by atoms with Crippen molar-refractivity contribution in [2.75, 3.05) is 20.2 Å². The monoisotopic (exact) mass is 295 g/mol. The molecule has 1 amide bonds. The maximum absolute atomic E-state index is 12.6. The summed E-state index contributed by atoms with van der Waals surface area (Å²) in [6, 6.07) is 0.268. The third-order valence-electron chi connectivity index (χ3n) is 4.50. The Morgan fingerprint density at radius 3 is 3.00 bits per heavy atom. The summed E-state index contributed by atoms with van der Waals surface area (Å²) in [7, 11) is 1.64. The largest absolute Gasteiger partial charge is 0.378 e. The number of thiazole rings is 1. The second kappa shape index (κ2) is 5.42. The maximum Gasteiger partial charge on any atom is 0.265 e. The molecule has 3 unspecified atom stereocenters. The zero-order valence-corrected chi connectivity index (χ0v) is 12.8. The van der Waals surface area contributed by atoms with Crippen LogP contribution >= 0.6 is 11.3 Å². The Labute approximate surface area is 123 Å². The summed E-state index contributed by atoms with van der Waals surface area (Å²) in [6.45, 7) is 4.02. The molecule has 1 aromatic heterocycles.